The van der Waals surface area contributed by atoms with E-state index >= 15 is 0 Å². The van der Waals surface area contributed by atoms with Crippen molar-refractivity contribution in [1.82, 2.24) is 14.9 Å². The second-order valence-electron chi connectivity index (χ2n) is 4.67. The molecule has 0 atom stereocenters. The van der Waals surface area contributed by atoms with Crippen molar-refractivity contribution < 1.29 is 4.92 Å². The van der Waals surface area contributed by atoms with Crippen LogP contribution in [0.5, 0.6) is 0 Å². The molecule has 0 unspecified atom stereocenters. The molecule has 1 heterocycles. The highest BCUT2D eigenvalue weighted by Gasteiger charge is 2.21. The van der Waals surface area contributed by atoms with Gasteiger partial charge in [0.05, 0.1) is 4.92 Å². The van der Waals surface area contributed by atoms with Gasteiger partial charge in [0.2, 0.25) is 11.8 Å². The normalized spacial score (nSPS) is 10.7. The Balaban J connectivity index is 2.72. The molecule has 0 saturated heterocycles. The Kier molecular flexibility index (Phi) is 6.07. The van der Waals surface area contributed by atoms with Crippen LogP contribution in [0.1, 0.15) is 18.5 Å². The summed E-state index contributed by atoms with van der Waals surface area (Å²) in [5, 5.41) is 14.0. The molecule has 0 radical (unpaired) electrons. The molecule has 0 aliphatic heterocycles. The molecule has 1 aromatic rings. The molecule has 0 amide bonds. The van der Waals surface area contributed by atoms with Crippen LogP contribution < -0.4 is 16.6 Å². The first-order valence-corrected chi connectivity index (χ1v) is 6.34. The molecule has 0 fully saturated rings. The van der Waals surface area contributed by atoms with Gasteiger partial charge in [-0.25, -0.2) is 10.8 Å². The molecule has 20 heavy (non-hydrogen) atoms. The summed E-state index contributed by atoms with van der Waals surface area (Å²) in [6.45, 7) is 3.13. The predicted octanol–water partition coefficient (Wildman–Crippen LogP) is 0.733. The first kappa shape index (κ1) is 16.1. The van der Waals surface area contributed by atoms with Crippen molar-refractivity contribution >= 4 is 17.5 Å². The van der Waals surface area contributed by atoms with E-state index in [0.29, 0.717) is 6.54 Å². The maximum Gasteiger partial charge on any atom is 0.332 e. The smallest absolute Gasteiger partial charge is 0.332 e. The minimum absolute atomic E-state index is 0.114. The topological polar surface area (TPSA) is 122 Å². The van der Waals surface area contributed by atoms with Crippen LogP contribution in [0.3, 0.4) is 0 Å². The third-order valence-electron chi connectivity index (χ3n) is 2.69. The minimum Gasteiger partial charge on any atom is -0.364 e. The van der Waals surface area contributed by atoms with E-state index in [2.05, 4.69) is 25.6 Å². The van der Waals surface area contributed by atoms with Gasteiger partial charge in [0.15, 0.2) is 0 Å². The SMILES string of the molecule is Cc1nc(NN)nc(NCCCCN(C)C)c1[N+](=O)[O-]. The highest BCUT2D eigenvalue weighted by atomic mass is 16.6. The zero-order valence-corrected chi connectivity index (χ0v) is 12.0. The highest BCUT2D eigenvalue weighted by Crippen LogP contribution is 2.26. The Labute approximate surface area is 117 Å². The molecule has 1 aromatic heterocycles. The first-order valence-electron chi connectivity index (χ1n) is 6.34. The summed E-state index contributed by atoms with van der Waals surface area (Å²) in [6, 6.07) is 0. The Hall–Kier alpha value is -2.00. The molecule has 1 rings (SSSR count). The molecular weight excluding hydrogens is 262 g/mol. The molecule has 112 valence electrons. The predicted molar refractivity (Wildman–Crippen MR) is 77.5 cm³/mol. The molecule has 9 nitrogen and oxygen atoms in total. The van der Waals surface area contributed by atoms with Gasteiger partial charge in [-0.1, -0.05) is 0 Å². The lowest BCUT2D eigenvalue weighted by Gasteiger charge is -2.11. The number of nitrogen functional groups attached to an aromatic ring is 1. The van der Waals surface area contributed by atoms with Crippen molar-refractivity contribution in [3.8, 4) is 0 Å². The van der Waals surface area contributed by atoms with Gasteiger partial charge in [-0.15, -0.1) is 0 Å². The monoisotopic (exact) mass is 283 g/mol. The lowest BCUT2D eigenvalue weighted by Crippen LogP contribution is -2.16. The molecule has 9 heteroatoms. The van der Waals surface area contributed by atoms with Crippen LogP contribution in [-0.4, -0.2) is 47.0 Å². The largest absolute Gasteiger partial charge is 0.364 e. The van der Waals surface area contributed by atoms with E-state index in [0.717, 1.165) is 19.4 Å². The van der Waals surface area contributed by atoms with Crippen LogP contribution in [0.15, 0.2) is 0 Å². The van der Waals surface area contributed by atoms with Crippen LogP contribution in [0.4, 0.5) is 17.5 Å². The van der Waals surface area contributed by atoms with Crippen molar-refractivity contribution in [1.29, 1.82) is 0 Å². The summed E-state index contributed by atoms with van der Waals surface area (Å²) in [6.07, 6.45) is 1.89. The van der Waals surface area contributed by atoms with Gasteiger partial charge < -0.3 is 10.2 Å². The van der Waals surface area contributed by atoms with Gasteiger partial charge >= 0.3 is 5.69 Å². The molecular formula is C11H21N7O2. The number of anilines is 2. The number of aromatic nitrogens is 2. The molecule has 0 aliphatic rings. The second-order valence-corrected chi connectivity index (χ2v) is 4.67. The van der Waals surface area contributed by atoms with Crippen LogP contribution in [0.25, 0.3) is 0 Å². The number of nitrogens with two attached hydrogens (primary N) is 1. The molecule has 0 saturated carbocycles. The summed E-state index contributed by atoms with van der Waals surface area (Å²) in [7, 11) is 4.01. The summed E-state index contributed by atoms with van der Waals surface area (Å²) in [4.78, 5) is 20.6. The van der Waals surface area contributed by atoms with E-state index in [1.54, 1.807) is 6.92 Å². The van der Waals surface area contributed by atoms with Gasteiger partial charge in [0.1, 0.15) is 5.69 Å². The third kappa shape index (κ3) is 4.59. The van der Waals surface area contributed by atoms with Gasteiger partial charge in [-0.05, 0) is 40.4 Å². The Morgan fingerprint density at radius 1 is 1.35 bits per heavy atom. The van der Waals surface area contributed by atoms with E-state index in [1.165, 1.54) is 0 Å². The zero-order valence-electron chi connectivity index (χ0n) is 12.0. The van der Waals surface area contributed by atoms with Crippen LogP contribution >= 0.6 is 0 Å². The fourth-order valence-electron chi connectivity index (χ4n) is 1.73. The van der Waals surface area contributed by atoms with Gasteiger partial charge in [-0.2, -0.15) is 4.98 Å². The lowest BCUT2D eigenvalue weighted by molar-refractivity contribution is -0.385. The Morgan fingerprint density at radius 3 is 2.60 bits per heavy atom. The third-order valence-corrected chi connectivity index (χ3v) is 2.69. The standard InChI is InChI=1S/C11H21N7O2/c1-8-9(18(19)20)10(15-11(14-8)16-12)13-6-4-5-7-17(2)3/h4-7,12H2,1-3H3,(H2,13,14,15,16). The van der Waals surface area contributed by atoms with Crippen molar-refractivity contribution in [2.24, 2.45) is 5.84 Å². The fourth-order valence-corrected chi connectivity index (χ4v) is 1.73. The Morgan fingerprint density at radius 2 is 2.05 bits per heavy atom. The van der Waals surface area contributed by atoms with Crippen molar-refractivity contribution in [2.75, 3.05) is 37.9 Å². The fraction of sp³-hybridized carbons (Fsp3) is 0.636. The van der Waals surface area contributed by atoms with Crippen molar-refractivity contribution in [3.63, 3.8) is 0 Å². The number of hydrogen-bond acceptors (Lipinski definition) is 8. The molecule has 0 bridgehead atoms. The highest BCUT2D eigenvalue weighted by molar-refractivity contribution is 5.60. The summed E-state index contributed by atoms with van der Waals surface area (Å²) >= 11 is 0. The molecule has 0 aromatic carbocycles. The number of rotatable bonds is 8. The maximum absolute atomic E-state index is 11.0. The van der Waals surface area contributed by atoms with Crippen molar-refractivity contribution in [3.05, 3.63) is 15.8 Å². The van der Waals surface area contributed by atoms with E-state index in [-0.39, 0.29) is 23.1 Å². The number of nitrogens with one attached hydrogen (secondary N) is 2. The van der Waals surface area contributed by atoms with Crippen LogP contribution in [0, 0.1) is 17.0 Å². The summed E-state index contributed by atoms with van der Waals surface area (Å²) < 4.78 is 0. The van der Waals surface area contributed by atoms with Crippen molar-refractivity contribution in [2.45, 2.75) is 19.8 Å². The van der Waals surface area contributed by atoms with E-state index in [9.17, 15) is 10.1 Å². The summed E-state index contributed by atoms with van der Waals surface area (Å²) in [5.74, 6) is 5.60. The zero-order chi connectivity index (χ0) is 15.1. The maximum atomic E-state index is 11.0. The van der Waals surface area contributed by atoms with E-state index in [1.807, 2.05) is 14.1 Å². The van der Waals surface area contributed by atoms with Gasteiger partial charge in [-0.3, -0.25) is 15.5 Å². The minimum atomic E-state index is -0.488. The average Bonchev–Trinajstić information content (AvgIpc) is 2.36. The molecule has 0 spiro atoms. The first-order chi connectivity index (χ1) is 9.45. The Bertz CT molecular complexity index is 464. The van der Waals surface area contributed by atoms with E-state index in [4.69, 9.17) is 5.84 Å². The van der Waals surface area contributed by atoms with Crippen LogP contribution in [0.2, 0.25) is 0 Å². The van der Waals surface area contributed by atoms with Gasteiger partial charge in [0.25, 0.3) is 0 Å². The number of nitrogens with zero attached hydrogens (tertiary/aromatic N) is 4. The average molecular weight is 283 g/mol. The quantitative estimate of drug-likeness (QED) is 0.276. The summed E-state index contributed by atoms with van der Waals surface area (Å²) in [5.41, 5.74) is 2.46. The number of aryl methyl sites for hydroxylation is 1. The number of nitro groups is 1. The molecule has 0 aliphatic carbocycles. The number of unbranched alkanes of at least 4 members (excludes halogenated alkanes) is 1. The molecule has 4 N–H and O–H groups in total. The lowest BCUT2D eigenvalue weighted by atomic mass is 10.3. The number of hydrazine groups is 1. The van der Waals surface area contributed by atoms with Crippen LogP contribution in [-0.2, 0) is 0 Å². The van der Waals surface area contributed by atoms with E-state index < -0.39 is 4.92 Å². The second kappa shape index (κ2) is 7.56. The number of hydrogen-bond donors (Lipinski definition) is 3. The van der Waals surface area contributed by atoms with Gasteiger partial charge in [0, 0.05) is 6.54 Å².